The van der Waals surface area contributed by atoms with Gasteiger partial charge in [-0.3, -0.25) is 9.59 Å². The molecule has 0 bridgehead atoms. The lowest BCUT2D eigenvalue weighted by Gasteiger charge is -2.38. The van der Waals surface area contributed by atoms with Crippen LogP contribution in [0.3, 0.4) is 0 Å². The van der Waals surface area contributed by atoms with Gasteiger partial charge < -0.3 is 14.4 Å². The van der Waals surface area contributed by atoms with E-state index in [1.807, 2.05) is 0 Å². The number of nitrogens with zero attached hydrogens (tertiary/aromatic N) is 1. The van der Waals surface area contributed by atoms with Crippen LogP contribution in [0.4, 0.5) is 0 Å². The number of carboxylic acids is 1. The van der Waals surface area contributed by atoms with E-state index in [2.05, 4.69) is 0 Å². The zero-order chi connectivity index (χ0) is 12.6. The van der Waals surface area contributed by atoms with E-state index in [-0.39, 0.29) is 17.9 Å². The fourth-order valence-electron chi connectivity index (χ4n) is 1.99. The normalized spacial score (nSPS) is 22.9. The van der Waals surface area contributed by atoms with Gasteiger partial charge in [-0.1, -0.05) is 0 Å². The average molecular weight is 237 g/mol. The van der Waals surface area contributed by atoms with Crippen molar-refractivity contribution < 1.29 is 19.1 Å². The number of aryl methyl sites for hydroxylation is 1. The van der Waals surface area contributed by atoms with E-state index in [0.29, 0.717) is 24.4 Å². The Morgan fingerprint density at radius 2 is 2.06 bits per heavy atom. The van der Waals surface area contributed by atoms with Crippen molar-refractivity contribution in [3.8, 4) is 0 Å². The summed E-state index contributed by atoms with van der Waals surface area (Å²) < 4.78 is 5.25. The van der Waals surface area contributed by atoms with Gasteiger partial charge in [0, 0.05) is 13.1 Å². The second kappa shape index (κ2) is 4.24. The summed E-state index contributed by atoms with van der Waals surface area (Å²) in [5, 5.41) is 8.77. The average Bonchev–Trinajstić information content (AvgIpc) is 2.60. The van der Waals surface area contributed by atoms with Crippen molar-refractivity contribution >= 4 is 11.9 Å². The molecule has 5 nitrogen and oxygen atoms in total. The zero-order valence-corrected chi connectivity index (χ0v) is 9.84. The van der Waals surface area contributed by atoms with Crippen LogP contribution in [0.2, 0.25) is 0 Å². The Morgan fingerprint density at radius 1 is 1.41 bits per heavy atom. The summed E-state index contributed by atoms with van der Waals surface area (Å²) in [7, 11) is 1.68. The largest absolute Gasteiger partial charge is 0.481 e. The highest BCUT2D eigenvalue weighted by molar-refractivity contribution is 5.91. The van der Waals surface area contributed by atoms with Crippen LogP contribution in [-0.4, -0.2) is 35.0 Å². The standard InChI is InChI=1S/C12H15NO4/c1-7-3-4-10(17-7)11(14)13(2)9-5-8(6-9)12(15)16/h3-4,8-9H,5-6H2,1-2H3,(H,15,16). The minimum Gasteiger partial charge on any atom is -0.481 e. The molecular formula is C12H15NO4. The van der Waals surface area contributed by atoms with Crippen molar-refractivity contribution in [3.63, 3.8) is 0 Å². The molecule has 1 aliphatic rings. The summed E-state index contributed by atoms with van der Waals surface area (Å²) in [4.78, 5) is 24.2. The molecule has 92 valence electrons. The Labute approximate surface area is 99.0 Å². The number of carbonyl (C=O) groups excluding carboxylic acids is 1. The predicted octanol–water partition coefficient (Wildman–Crippen LogP) is 1.52. The molecule has 0 spiro atoms. The maximum atomic E-state index is 12.0. The molecule has 1 aliphatic carbocycles. The Kier molecular flexibility index (Phi) is 2.92. The number of carboxylic acid groups (broad SMARTS) is 1. The van der Waals surface area contributed by atoms with Crippen LogP contribution >= 0.6 is 0 Å². The molecule has 1 aromatic rings. The summed E-state index contributed by atoms with van der Waals surface area (Å²) in [6, 6.07) is 3.39. The molecule has 0 aromatic carbocycles. The number of rotatable bonds is 3. The molecule has 0 unspecified atom stereocenters. The van der Waals surface area contributed by atoms with E-state index in [4.69, 9.17) is 9.52 Å². The van der Waals surface area contributed by atoms with E-state index in [1.165, 1.54) is 0 Å². The number of amides is 1. The molecule has 2 rings (SSSR count). The molecule has 1 fully saturated rings. The molecule has 0 atom stereocenters. The fraction of sp³-hybridized carbons (Fsp3) is 0.500. The fourth-order valence-corrected chi connectivity index (χ4v) is 1.99. The Morgan fingerprint density at radius 3 is 2.53 bits per heavy atom. The van der Waals surface area contributed by atoms with Crippen LogP contribution in [0, 0.1) is 12.8 Å². The van der Waals surface area contributed by atoms with E-state index in [9.17, 15) is 9.59 Å². The van der Waals surface area contributed by atoms with Gasteiger partial charge in [-0.2, -0.15) is 0 Å². The lowest BCUT2D eigenvalue weighted by Crippen LogP contribution is -2.47. The third-order valence-corrected chi connectivity index (χ3v) is 3.28. The number of hydrogen-bond donors (Lipinski definition) is 1. The van der Waals surface area contributed by atoms with Crippen LogP contribution in [0.15, 0.2) is 16.5 Å². The van der Waals surface area contributed by atoms with Crippen molar-refractivity contribution in [3.05, 3.63) is 23.7 Å². The summed E-state index contributed by atoms with van der Waals surface area (Å²) in [6.07, 6.45) is 1.05. The third kappa shape index (κ3) is 2.18. The molecule has 0 aliphatic heterocycles. The third-order valence-electron chi connectivity index (χ3n) is 3.28. The van der Waals surface area contributed by atoms with E-state index in [0.717, 1.165) is 0 Å². The van der Waals surface area contributed by atoms with Crippen LogP contribution in [0.1, 0.15) is 29.2 Å². The topological polar surface area (TPSA) is 70.8 Å². The molecule has 1 saturated carbocycles. The van der Waals surface area contributed by atoms with Crippen LogP contribution in [0.25, 0.3) is 0 Å². The minimum absolute atomic E-state index is 0.00834. The summed E-state index contributed by atoms with van der Waals surface area (Å²) in [6.45, 7) is 1.78. The van der Waals surface area contributed by atoms with Gasteiger partial charge in [0.25, 0.3) is 5.91 Å². The van der Waals surface area contributed by atoms with E-state index in [1.54, 1.807) is 31.0 Å². The lowest BCUT2D eigenvalue weighted by molar-refractivity contribution is -0.146. The molecule has 1 amide bonds. The summed E-state index contributed by atoms with van der Waals surface area (Å²) in [5.41, 5.74) is 0. The quantitative estimate of drug-likeness (QED) is 0.865. The number of aliphatic carboxylic acids is 1. The first kappa shape index (κ1) is 11.7. The molecule has 0 radical (unpaired) electrons. The van der Waals surface area contributed by atoms with Gasteiger partial charge in [0.05, 0.1) is 5.92 Å². The lowest BCUT2D eigenvalue weighted by atomic mass is 9.79. The number of carbonyl (C=O) groups is 2. The van der Waals surface area contributed by atoms with Gasteiger partial charge in [-0.05, 0) is 31.9 Å². The van der Waals surface area contributed by atoms with Crippen molar-refractivity contribution in [1.29, 1.82) is 0 Å². The molecule has 5 heteroatoms. The monoisotopic (exact) mass is 237 g/mol. The number of furan rings is 1. The maximum absolute atomic E-state index is 12.0. The first-order chi connectivity index (χ1) is 7.99. The highest BCUT2D eigenvalue weighted by atomic mass is 16.4. The van der Waals surface area contributed by atoms with E-state index >= 15 is 0 Å². The van der Waals surface area contributed by atoms with Crippen LogP contribution in [0.5, 0.6) is 0 Å². The first-order valence-electron chi connectivity index (χ1n) is 5.55. The smallest absolute Gasteiger partial charge is 0.306 e. The predicted molar refractivity (Wildman–Crippen MR) is 59.7 cm³/mol. The molecule has 0 saturated heterocycles. The maximum Gasteiger partial charge on any atom is 0.306 e. The van der Waals surface area contributed by atoms with Crippen molar-refractivity contribution in [2.75, 3.05) is 7.05 Å². The minimum atomic E-state index is -0.782. The molecule has 1 N–H and O–H groups in total. The van der Waals surface area contributed by atoms with Crippen molar-refractivity contribution in [1.82, 2.24) is 4.90 Å². The van der Waals surface area contributed by atoms with Gasteiger partial charge in [-0.15, -0.1) is 0 Å². The molecule has 17 heavy (non-hydrogen) atoms. The van der Waals surface area contributed by atoms with Gasteiger partial charge in [0.2, 0.25) is 0 Å². The Balaban J connectivity index is 1.95. The number of hydrogen-bond acceptors (Lipinski definition) is 3. The molecular weight excluding hydrogens is 222 g/mol. The summed E-state index contributed by atoms with van der Waals surface area (Å²) in [5.74, 6) is -0.279. The first-order valence-corrected chi connectivity index (χ1v) is 5.55. The van der Waals surface area contributed by atoms with Crippen LogP contribution in [-0.2, 0) is 4.79 Å². The molecule has 1 heterocycles. The highest BCUT2D eigenvalue weighted by Crippen LogP contribution is 2.32. The van der Waals surface area contributed by atoms with Gasteiger partial charge in [0.1, 0.15) is 5.76 Å². The van der Waals surface area contributed by atoms with Gasteiger partial charge in [-0.25, -0.2) is 0 Å². The van der Waals surface area contributed by atoms with Crippen molar-refractivity contribution in [2.24, 2.45) is 5.92 Å². The highest BCUT2D eigenvalue weighted by Gasteiger charge is 2.38. The van der Waals surface area contributed by atoms with Crippen molar-refractivity contribution in [2.45, 2.75) is 25.8 Å². The van der Waals surface area contributed by atoms with Crippen LogP contribution < -0.4 is 0 Å². The van der Waals surface area contributed by atoms with Gasteiger partial charge in [0.15, 0.2) is 5.76 Å². The second-order valence-corrected chi connectivity index (χ2v) is 4.49. The van der Waals surface area contributed by atoms with Gasteiger partial charge >= 0.3 is 5.97 Å². The second-order valence-electron chi connectivity index (χ2n) is 4.49. The SMILES string of the molecule is Cc1ccc(C(=O)N(C)C2CC(C(=O)O)C2)o1. The Hall–Kier alpha value is -1.78. The summed E-state index contributed by atoms with van der Waals surface area (Å²) >= 11 is 0. The Bertz CT molecular complexity index is 445. The van der Waals surface area contributed by atoms with E-state index < -0.39 is 5.97 Å². The molecule has 1 aromatic heterocycles. The zero-order valence-electron chi connectivity index (χ0n) is 9.84.